The highest BCUT2D eigenvalue weighted by Gasteiger charge is 2.55. The number of likely N-dealkylation sites (tertiary alicyclic amines) is 2. The number of carbonyl (C=O) groups is 2. The zero-order chi connectivity index (χ0) is 29.9. The number of nitrogens with one attached hydrogen (secondary N) is 1. The summed E-state index contributed by atoms with van der Waals surface area (Å²) in [4.78, 5) is 38.0. The van der Waals surface area contributed by atoms with E-state index in [1.807, 2.05) is 73.6 Å². The van der Waals surface area contributed by atoms with E-state index in [0.29, 0.717) is 36.8 Å². The van der Waals surface area contributed by atoms with Crippen LogP contribution < -0.4 is 5.32 Å². The second-order valence-corrected chi connectivity index (χ2v) is 13.7. The maximum atomic E-state index is 13.2. The standard InChI is InChI=1S/C33H30ClN5O3S/c1-32(2,3)42-31(41)39-17-33(18-39)15-38(16-33)30(40)21-5-7-23(25(34)12-21)20-4-8-24-26(10-11-35-27(24)13-20)37-22-6-9-29-28(14-22)36-19-43-29/h4-14,19H,15-18H2,1-3H3,(H,35,37). The number of anilines is 2. The predicted molar refractivity (Wildman–Crippen MR) is 171 cm³/mol. The first-order chi connectivity index (χ1) is 20.6. The molecule has 43 heavy (non-hydrogen) atoms. The number of thiazole rings is 1. The van der Waals surface area contributed by atoms with Gasteiger partial charge in [0.1, 0.15) is 5.60 Å². The summed E-state index contributed by atoms with van der Waals surface area (Å²) in [6, 6.07) is 19.6. The molecule has 0 bridgehead atoms. The average Bonchev–Trinajstić information content (AvgIpc) is 3.38. The number of carbonyl (C=O) groups excluding carboxylic acids is 2. The lowest BCUT2D eigenvalue weighted by Gasteiger charge is -2.59. The van der Waals surface area contributed by atoms with Crippen molar-refractivity contribution in [1.29, 1.82) is 0 Å². The molecule has 8 nitrogen and oxygen atoms in total. The van der Waals surface area contributed by atoms with Crippen molar-refractivity contribution in [2.45, 2.75) is 26.4 Å². The van der Waals surface area contributed by atoms with Crippen LogP contribution in [0.15, 0.2) is 72.4 Å². The van der Waals surface area contributed by atoms with E-state index in [1.165, 1.54) is 0 Å². The number of benzene rings is 3. The van der Waals surface area contributed by atoms with E-state index in [4.69, 9.17) is 16.3 Å². The third kappa shape index (κ3) is 5.28. The van der Waals surface area contributed by atoms with Gasteiger partial charge < -0.3 is 19.9 Å². The van der Waals surface area contributed by atoms with E-state index in [2.05, 4.69) is 27.4 Å². The fourth-order valence-electron chi connectivity index (χ4n) is 5.91. The van der Waals surface area contributed by atoms with Gasteiger partial charge in [-0.15, -0.1) is 11.3 Å². The minimum Gasteiger partial charge on any atom is -0.444 e. The maximum absolute atomic E-state index is 13.2. The second-order valence-electron chi connectivity index (χ2n) is 12.4. The van der Waals surface area contributed by atoms with Gasteiger partial charge in [-0.3, -0.25) is 9.78 Å². The number of fused-ring (bicyclic) bond motifs is 2. The second kappa shape index (κ2) is 10.2. The summed E-state index contributed by atoms with van der Waals surface area (Å²) in [7, 11) is 0. The van der Waals surface area contributed by atoms with Gasteiger partial charge in [-0.2, -0.15) is 0 Å². The highest BCUT2D eigenvalue weighted by atomic mass is 35.5. The van der Waals surface area contributed by atoms with Crippen molar-refractivity contribution in [3.8, 4) is 11.1 Å². The molecule has 2 saturated heterocycles. The maximum Gasteiger partial charge on any atom is 0.410 e. The fourth-order valence-corrected chi connectivity index (χ4v) is 6.86. The minimum atomic E-state index is -0.519. The third-order valence-electron chi connectivity index (χ3n) is 7.92. The SMILES string of the molecule is CC(C)(C)OC(=O)N1CC2(C1)CN(C(=O)c1ccc(-c3ccc4c(Nc5ccc6scnc6c5)ccnc4c3)c(Cl)c1)C2. The van der Waals surface area contributed by atoms with Crippen LogP contribution in [0.1, 0.15) is 31.1 Å². The Kier molecular flexibility index (Phi) is 6.55. The van der Waals surface area contributed by atoms with Crippen LogP contribution in [0, 0.1) is 5.41 Å². The van der Waals surface area contributed by atoms with E-state index in [1.54, 1.807) is 28.5 Å². The predicted octanol–water partition coefficient (Wildman–Crippen LogP) is 7.60. The number of ether oxygens (including phenoxy) is 1. The third-order valence-corrected chi connectivity index (χ3v) is 9.05. The van der Waals surface area contributed by atoms with Crippen molar-refractivity contribution in [2.75, 3.05) is 31.5 Å². The summed E-state index contributed by atoms with van der Waals surface area (Å²) >= 11 is 8.36. The van der Waals surface area contributed by atoms with Gasteiger partial charge in [0.05, 0.1) is 21.2 Å². The monoisotopic (exact) mass is 611 g/mol. The molecule has 10 heteroatoms. The topological polar surface area (TPSA) is 87.7 Å². The summed E-state index contributed by atoms with van der Waals surface area (Å²) in [5.41, 5.74) is 7.32. The van der Waals surface area contributed by atoms with Crippen LogP contribution >= 0.6 is 22.9 Å². The normalized spacial score (nSPS) is 15.8. The van der Waals surface area contributed by atoms with Gasteiger partial charge in [-0.25, -0.2) is 9.78 Å². The van der Waals surface area contributed by atoms with Gasteiger partial charge in [0, 0.05) is 70.7 Å². The molecule has 0 radical (unpaired) electrons. The molecule has 7 rings (SSSR count). The minimum absolute atomic E-state index is 0.0321. The highest BCUT2D eigenvalue weighted by Crippen LogP contribution is 2.41. The number of hydrogen-bond acceptors (Lipinski definition) is 7. The van der Waals surface area contributed by atoms with Crippen molar-refractivity contribution < 1.29 is 14.3 Å². The molecule has 2 aromatic heterocycles. The molecule has 2 aliphatic heterocycles. The highest BCUT2D eigenvalue weighted by molar-refractivity contribution is 7.16. The molecular formula is C33H30ClN5O3S. The Balaban J connectivity index is 1.03. The van der Waals surface area contributed by atoms with Gasteiger partial charge in [0.2, 0.25) is 0 Å². The largest absolute Gasteiger partial charge is 0.444 e. The molecule has 0 atom stereocenters. The van der Waals surface area contributed by atoms with E-state index in [0.717, 1.165) is 43.6 Å². The lowest BCUT2D eigenvalue weighted by molar-refractivity contribution is -0.0980. The molecule has 0 unspecified atom stereocenters. The Bertz CT molecular complexity index is 1900. The van der Waals surface area contributed by atoms with Gasteiger partial charge in [-0.05, 0) is 68.8 Å². The first-order valence-electron chi connectivity index (χ1n) is 14.1. The molecule has 1 N–H and O–H groups in total. The molecule has 2 amide bonds. The Morgan fingerprint density at radius 2 is 1.72 bits per heavy atom. The number of pyridine rings is 1. The molecular weight excluding hydrogens is 582 g/mol. The van der Waals surface area contributed by atoms with Crippen LogP contribution in [0.3, 0.4) is 0 Å². The van der Waals surface area contributed by atoms with Crippen molar-refractivity contribution in [3.63, 3.8) is 0 Å². The summed E-state index contributed by atoms with van der Waals surface area (Å²) < 4.78 is 6.61. The van der Waals surface area contributed by atoms with Crippen LogP contribution in [0.5, 0.6) is 0 Å². The summed E-state index contributed by atoms with van der Waals surface area (Å²) in [5.74, 6) is -0.0541. The van der Waals surface area contributed by atoms with Crippen LogP contribution in [0.4, 0.5) is 16.2 Å². The Morgan fingerprint density at radius 3 is 2.49 bits per heavy atom. The lowest BCUT2D eigenvalue weighted by Crippen LogP contribution is -2.73. The summed E-state index contributed by atoms with van der Waals surface area (Å²) in [6.45, 7) is 8.04. The van der Waals surface area contributed by atoms with Gasteiger partial charge in [0.25, 0.3) is 5.91 Å². The van der Waals surface area contributed by atoms with Crippen LogP contribution in [0.25, 0.3) is 32.2 Å². The number of amides is 2. The molecule has 3 aromatic carbocycles. The average molecular weight is 612 g/mol. The zero-order valence-electron chi connectivity index (χ0n) is 24.1. The van der Waals surface area contributed by atoms with E-state index in [9.17, 15) is 9.59 Å². The zero-order valence-corrected chi connectivity index (χ0v) is 25.6. The van der Waals surface area contributed by atoms with Crippen LogP contribution in [-0.4, -0.2) is 63.5 Å². The number of aromatic nitrogens is 2. The first-order valence-corrected chi connectivity index (χ1v) is 15.4. The summed E-state index contributed by atoms with van der Waals surface area (Å²) in [6.07, 6.45) is 1.49. The quantitative estimate of drug-likeness (QED) is 0.225. The van der Waals surface area contributed by atoms with Crippen molar-refractivity contribution in [1.82, 2.24) is 19.8 Å². The number of hydrogen-bond donors (Lipinski definition) is 1. The molecule has 0 aliphatic carbocycles. The molecule has 5 aromatic rings. The molecule has 1 spiro atoms. The molecule has 4 heterocycles. The fraction of sp³-hybridized carbons (Fsp3) is 0.273. The van der Waals surface area contributed by atoms with Crippen molar-refractivity contribution >= 4 is 67.4 Å². The van der Waals surface area contributed by atoms with Gasteiger partial charge in [-0.1, -0.05) is 29.8 Å². The summed E-state index contributed by atoms with van der Waals surface area (Å²) in [5, 5.41) is 4.99. The first kappa shape index (κ1) is 27.6. The van der Waals surface area contributed by atoms with Gasteiger partial charge in [0.15, 0.2) is 0 Å². The number of nitrogens with zero attached hydrogens (tertiary/aromatic N) is 4. The van der Waals surface area contributed by atoms with E-state index < -0.39 is 5.60 Å². The number of rotatable bonds is 4. The molecule has 2 fully saturated rings. The molecule has 0 saturated carbocycles. The molecule has 218 valence electrons. The van der Waals surface area contributed by atoms with E-state index in [-0.39, 0.29) is 17.4 Å². The lowest BCUT2D eigenvalue weighted by atomic mass is 9.73. The van der Waals surface area contributed by atoms with Crippen molar-refractivity contribution in [3.05, 3.63) is 83.0 Å². The van der Waals surface area contributed by atoms with Crippen molar-refractivity contribution in [2.24, 2.45) is 5.41 Å². The smallest absolute Gasteiger partial charge is 0.410 e. The van der Waals surface area contributed by atoms with Crippen LogP contribution in [-0.2, 0) is 4.74 Å². The molecule has 2 aliphatic rings. The Morgan fingerprint density at radius 1 is 0.930 bits per heavy atom. The Hall–Kier alpha value is -4.21. The van der Waals surface area contributed by atoms with Gasteiger partial charge >= 0.3 is 6.09 Å². The van der Waals surface area contributed by atoms with Crippen LogP contribution in [0.2, 0.25) is 5.02 Å². The Labute approximate surface area is 258 Å². The number of halogens is 1. The van der Waals surface area contributed by atoms with E-state index >= 15 is 0 Å².